The molecule has 9 heteroatoms. The quantitative estimate of drug-likeness (QED) is 0.692. The molecule has 3 unspecified atom stereocenters. The number of allylic oxidation sites excluding steroid dienone is 1. The van der Waals surface area contributed by atoms with Crippen molar-refractivity contribution >= 4 is 11.8 Å². The SMILES string of the molecule is C1=CC(N2CC(N3CCNCC3)(N3CCOCC3)C(c3ncc[nH]3)=C2C2CCCO2)N=C1. The van der Waals surface area contributed by atoms with Crippen molar-refractivity contribution in [3.8, 4) is 0 Å². The molecule has 6 heterocycles. The van der Waals surface area contributed by atoms with Crippen LogP contribution in [0.2, 0.25) is 0 Å². The largest absolute Gasteiger partial charge is 0.379 e. The second kappa shape index (κ2) is 8.72. The van der Waals surface area contributed by atoms with Crippen molar-refractivity contribution in [3.63, 3.8) is 0 Å². The van der Waals surface area contributed by atoms with Gasteiger partial charge in [0, 0.05) is 64.5 Å². The number of nitrogens with one attached hydrogen (secondary N) is 2. The lowest BCUT2D eigenvalue weighted by Gasteiger charge is -2.52. The molecule has 1 aromatic rings. The molecule has 0 aliphatic carbocycles. The molecule has 6 rings (SSSR count). The molecule has 3 atom stereocenters. The van der Waals surface area contributed by atoms with Crippen LogP contribution in [0.15, 0.2) is 35.2 Å². The van der Waals surface area contributed by atoms with E-state index in [4.69, 9.17) is 19.5 Å². The average Bonchev–Trinajstić information content (AvgIpc) is 3.65. The molecule has 0 aromatic carbocycles. The molecule has 2 N–H and O–H groups in total. The van der Waals surface area contributed by atoms with Crippen molar-refractivity contribution in [3.05, 3.63) is 36.1 Å². The van der Waals surface area contributed by atoms with Gasteiger partial charge in [0.15, 0.2) is 0 Å². The second-order valence-electron chi connectivity index (χ2n) is 9.08. The standard InChI is InChI=1S/C23H33N7O2/c1-4-19(25-5-1)30-17-23(28-10-8-24-9-11-28,29-12-15-31-16-13-29)20(22-26-6-7-27-22)21(30)18-3-2-14-32-18/h1,4-7,18-19,24H,2-3,8-17H2,(H,26,27). The highest BCUT2D eigenvalue weighted by Gasteiger charge is 2.56. The van der Waals surface area contributed by atoms with Crippen molar-refractivity contribution in [2.45, 2.75) is 30.8 Å². The van der Waals surface area contributed by atoms with Crippen LogP contribution in [0.5, 0.6) is 0 Å². The highest BCUT2D eigenvalue weighted by atomic mass is 16.5. The van der Waals surface area contributed by atoms with Crippen LogP contribution in [0.4, 0.5) is 0 Å². The predicted molar refractivity (Wildman–Crippen MR) is 122 cm³/mol. The average molecular weight is 440 g/mol. The Kier molecular flexibility index (Phi) is 5.60. The molecule has 172 valence electrons. The minimum absolute atomic E-state index is 0.00462. The highest BCUT2D eigenvalue weighted by molar-refractivity contribution is 5.77. The molecule has 0 bridgehead atoms. The third-order valence-corrected chi connectivity index (χ3v) is 7.43. The summed E-state index contributed by atoms with van der Waals surface area (Å²) in [4.78, 5) is 20.9. The third-order valence-electron chi connectivity index (χ3n) is 7.43. The van der Waals surface area contributed by atoms with Gasteiger partial charge in [-0.3, -0.25) is 14.8 Å². The lowest BCUT2D eigenvalue weighted by atomic mass is 9.92. The van der Waals surface area contributed by atoms with Gasteiger partial charge in [0.05, 0.1) is 37.1 Å². The van der Waals surface area contributed by atoms with Gasteiger partial charge in [0.1, 0.15) is 17.7 Å². The van der Waals surface area contributed by atoms with E-state index in [0.29, 0.717) is 0 Å². The molecular weight excluding hydrogens is 406 g/mol. The van der Waals surface area contributed by atoms with Crippen LogP contribution >= 0.6 is 0 Å². The van der Waals surface area contributed by atoms with E-state index >= 15 is 0 Å². The normalized spacial score (nSPS) is 34.3. The third kappa shape index (κ3) is 3.34. The Morgan fingerprint density at radius 3 is 2.59 bits per heavy atom. The summed E-state index contributed by atoms with van der Waals surface area (Å²) in [5, 5.41) is 3.54. The Morgan fingerprint density at radius 1 is 1.06 bits per heavy atom. The molecule has 0 saturated carbocycles. The van der Waals surface area contributed by atoms with E-state index in [0.717, 1.165) is 84.3 Å². The molecule has 0 spiro atoms. The summed E-state index contributed by atoms with van der Waals surface area (Å²) in [7, 11) is 0. The fourth-order valence-corrected chi connectivity index (χ4v) is 6.04. The lowest BCUT2D eigenvalue weighted by molar-refractivity contribution is -0.0772. The van der Waals surface area contributed by atoms with E-state index in [1.807, 2.05) is 18.6 Å². The summed E-state index contributed by atoms with van der Waals surface area (Å²) < 4.78 is 12.1. The first-order valence-corrected chi connectivity index (χ1v) is 12.0. The monoisotopic (exact) mass is 439 g/mol. The summed E-state index contributed by atoms with van der Waals surface area (Å²) in [6.07, 6.45) is 12.2. The van der Waals surface area contributed by atoms with Gasteiger partial charge in [-0.15, -0.1) is 0 Å². The Labute approximate surface area is 189 Å². The second-order valence-corrected chi connectivity index (χ2v) is 9.08. The number of aromatic nitrogens is 2. The van der Waals surface area contributed by atoms with Crippen LogP contribution in [0.25, 0.3) is 5.57 Å². The zero-order valence-corrected chi connectivity index (χ0v) is 18.6. The van der Waals surface area contributed by atoms with Crippen LogP contribution < -0.4 is 5.32 Å². The van der Waals surface area contributed by atoms with Crippen LogP contribution in [0.1, 0.15) is 18.7 Å². The number of aliphatic imine (C=N–C) groups is 1. The van der Waals surface area contributed by atoms with Gasteiger partial charge < -0.3 is 24.7 Å². The summed E-state index contributed by atoms with van der Waals surface area (Å²) in [5.41, 5.74) is 2.24. The van der Waals surface area contributed by atoms with Gasteiger partial charge >= 0.3 is 0 Å². The number of piperazine rings is 1. The van der Waals surface area contributed by atoms with Gasteiger partial charge in [0.2, 0.25) is 0 Å². The summed E-state index contributed by atoms with van der Waals surface area (Å²) in [6, 6.07) is 0. The first kappa shape index (κ1) is 20.6. The van der Waals surface area contributed by atoms with Gasteiger partial charge in [-0.05, 0) is 25.0 Å². The first-order chi connectivity index (χ1) is 15.9. The number of rotatable bonds is 5. The van der Waals surface area contributed by atoms with E-state index in [1.165, 1.54) is 11.3 Å². The van der Waals surface area contributed by atoms with Crippen LogP contribution in [-0.4, -0.2) is 114 Å². The van der Waals surface area contributed by atoms with Crippen LogP contribution in [-0.2, 0) is 9.47 Å². The Morgan fingerprint density at radius 2 is 1.91 bits per heavy atom. The first-order valence-electron chi connectivity index (χ1n) is 12.0. The molecule has 9 nitrogen and oxygen atoms in total. The molecule has 32 heavy (non-hydrogen) atoms. The van der Waals surface area contributed by atoms with Crippen molar-refractivity contribution in [2.75, 3.05) is 65.6 Å². The number of H-pyrrole nitrogens is 1. The van der Waals surface area contributed by atoms with Crippen molar-refractivity contribution in [2.24, 2.45) is 4.99 Å². The van der Waals surface area contributed by atoms with Crippen molar-refractivity contribution in [1.82, 2.24) is 30.0 Å². The Bertz CT molecular complexity index is 848. The fraction of sp³-hybridized carbons (Fsp3) is 0.652. The minimum Gasteiger partial charge on any atom is -0.379 e. The molecule has 3 fully saturated rings. The van der Waals surface area contributed by atoms with Gasteiger partial charge in [-0.25, -0.2) is 4.98 Å². The number of ether oxygens (including phenoxy) is 2. The molecule has 0 amide bonds. The maximum absolute atomic E-state index is 6.33. The number of hydrogen-bond donors (Lipinski definition) is 2. The van der Waals surface area contributed by atoms with E-state index in [2.05, 4.69) is 37.2 Å². The number of morpholine rings is 1. The molecule has 5 aliphatic heterocycles. The maximum atomic E-state index is 6.33. The topological polar surface area (TPSA) is 81.2 Å². The minimum atomic E-state index is -0.295. The highest BCUT2D eigenvalue weighted by Crippen LogP contribution is 2.48. The zero-order valence-electron chi connectivity index (χ0n) is 18.6. The summed E-state index contributed by atoms with van der Waals surface area (Å²) in [5.74, 6) is 0.953. The number of hydrogen-bond acceptors (Lipinski definition) is 8. The molecule has 3 saturated heterocycles. The smallest absolute Gasteiger partial charge is 0.140 e. The van der Waals surface area contributed by atoms with Crippen molar-refractivity contribution in [1.29, 1.82) is 0 Å². The van der Waals surface area contributed by atoms with Crippen molar-refractivity contribution < 1.29 is 9.47 Å². The number of imidazole rings is 1. The van der Waals surface area contributed by atoms with E-state index < -0.39 is 0 Å². The lowest BCUT2D eigenvalue weighted by Crippen LogP contribution is -2.68. The maximum Gasteiger partial charge on any atom is 0.140 e. The Balaban J connectivity index is 1.55. The van der Waals surface area contributed by atoms with Crippen LogP contribution in [0.3, 0.4) is 0 Å². The molecule has 0 radical (unpaired) electrons. The summed E-state index contributed by atoms with van der Waals surface area (Å²) >= 11 is 0. The predicted octanol–water partition coefficient (Wildman–Crippen LogP) is 0.516. The van der Waals surface area contributed by atoms with E-state index in [1.54, 1.807) is 0 Å². The van der Waals surface area contributed by atoms with E-state index in [-0.39, 0.29) is 17.9 Å². The fourth-order valence-electron chi connectivity index (χ4n) is 6.04. The Hall–Kier alpha value is -2.04. The van der Waals surface area contributed by atoms with Gasteiger partial charge in [-0.2, -0.15) is 0 Å². The van der Waals surface area contributed by atoms with Crippen LogP contribution in [0, 0.1) is 0 Å². The molecular formula is C23H33N7O2. The van der Waals surface area contributed by atoms with Gasteiger partial charge in [-0.1, -0.05) is 0 Å². The molecule has 1 aromatic heterocycles. The number of aromatic amines is 1. The van der Waals surface area contributed by atoms with Gasteiger partial charge in [0.25, 0.3) is 0 Å². The molecule has 5 aliphatic rings. The van der Waals surface area contributed by atoms with E-state index in [9.17, 15) is 0 Å². The summed E-state index contributed by atoms with van der Waals surface area (Å²) in [6.45, 7) is 8.99. The zero-order chi connectivity index (χ0) is 21.4. The number of nitrogens with zero attached hydrogens (tertiary/aromatic N) is 5.